The summed E-state index contributed by atoms with van der Waals surface area (Å²) in [6, 6.07) is 5.93. The highest BCUT2D eigenvalue weighted by atomic mass is 35.5. The van der Waals surface area contributed by atoms with Crippen molar-refractivity contribution in [3.8, 4) is 5.75 Å². The van der Waals surface area contributed by atoms with Gasteiger partial charge in [-0.05, 0) is 62.9 Å². The molecule has 2 nitrogen and oxygen atoms in total. The molecule has 0 spiro atoms. The first-order chi connectivity index (χ1) is 8.25. The standard InChI is InChI=1S/C14H20ClNO/c1-11-4-5-14(13(15)9-11)17-8-6-12-3-2-7-16-10-12/h4-5,9,12,16H,2-3,6-8,10H2,1H3. The molecule has 1 heterocycles. The molecule has 2 rings (SSSR count). The molecule has 0 aliphatic carbocycles. The first-order valence-corrected chi connectivity index (χ1v) is 6.73. The second-order valence-electron chi connectivity index (χ2n) is 4.78. The summed E-state index contributed by atoms with van der Waals surface area (Å²) in [6.07, 6.45) is 3.71. The summed E-state index contributed by atoms with van der Waals surface area (Å²) in [4.78, 5) is 0. The van der Waals surface area contributed by atoms with Crippen molar-refractivity contribution in [3.63, 3.8) is 0 Å². The van der Waals surface area contributed by atoms with Crippen LogP contribution >= 0.6 is 11.6 Å². The number of ether oxygens (including phenoxy) is 1. The van der Waals surface area contributed by atoms with Crippen LogP contribution in [0.4, 0.5) is 0 Å². The summed E-state index contributed by atoms with van der Waals surface area (Å²) in [5.74, 6) is 1.56. The molecular formula is C14H20ClNO. The van der Waals surface area contributed by atoms with Gasteiger partial charge in [-0.2, -0.15) is 0 Å². The maximum absolute atomic E-state index is 6.11. The van der Waals surface area contributed by atoms with E-state index in [9.17, 15) is 0 Å². The van der Waals surface area contributed by atoms with Crippen LogP contribution in [-0.2, 0) is 0 Å². The van der Waals surface area contributed by atoms with Gasteiger partial charge in [0.1, 0.15) is 5.75 Å². The van der Waals surface area contributed by atoms with Crippen LogP contribution in [-0.4, -0.2) is 19.7 Å². The van der Waals surface area contributed by atoms with Crippen molar-refractivity contribution in [2.75, 3.05) is 19.7 Å². The fourth-order valence-corrected chi connectivity index (χ4v) is 2.52. The Balaban J connectivity index is 1.77. The van der Waals surface area contributed by atoms with Crippen molar-refractivity contribution < 1.29 is 4.74 Å². The second kappa shape index (κ2) is 6.27. The van der Waals surface area contributed by atoms with E-state index < -0.39 is 0 Å². The lowest BCUT2D eigenvalue weighted by atomic mass is 9.97. The molecular weight excluding hydrogens is 234 g/mol. The zero-order valence-corrected chi connectivity index (χ0v) is 11.1. The SMILES string of the molecule is Cc1ccc(OCCC2CCCNC2)c(Cl)c1. The molecule has 0 amide bonds. The van der Waals surface area contributed by atoms with Crippen molar-refractivity contribution in [3.05, 3.63) is 28.8 Å². The van der Waals surface area contributed by atoms with E-state index in [0.717, 1.165) is 31.2 Å². The van der Waals surface area contributed by atoms with Gasteiger partial charge in [0.05, 0.1) is 11.6 Å². The summed E-state index contributed by atoms with van der Waals surface area (Å²) in [5, 5.41) is 4.14. The number of hydrogen-bond donors (Lipinski definition) is 1. The van der Waals surface area contributed by atoms with E-state index in [2.05, 4.69) is 5.32 Å². The van der Waals surface area contributed by atoms with Crippen LogP contribution in [0.1, 0.15) is 24.8 Å². The van der Waals surface area contributed by atoms with E-state index >= 15 is 0 Å². The average Bonchev–Trinajstić information content (AvgIpc) is 2.33. The Hall–Kier alpha value is -0.730. The number of nitrogens with one attached hydrogen (secondary N) is 1. The van der Waals surface area contributed by atoms with E-state index in [0.29, 0.717) is 5.02 Å². The minimum Gasteiger partial charge on any atom is -0.492 e. The van der Waals surface area contributed by atoms with Gasteiger partial charge in [-0.15, -0.1) is 0 Å². The van der Waals surface area contributed by atoms with Crippen molar-refractivity contribution in [1.29, 1.82) is 0 Å². The van der Waals surface area contributed by atoms with Gasteiger partial charge in [0.25, 0.3) is 0 Å². The fraction of sp³-hybridized carbons (Fsp3) is 0.571. The second-order valence-corrected chi connectivity index (χ2v) is 5.19. The molecule has 1 fully saturated rings. The van der Waals surface area contributed by atoms with Gasteiger partial charge >= 0.3 is 0 Å². The minimum absolute atomic E-state index is 0.715. The van der Waals surface area contributed by atoms with Gasteiger partial charge in [-0.3, -0.25) is 0 Å². The maximum Gasteiger partial charge on any atom is 0.137 e. The van der Waals surface area contributed by atoms with E-state index in [1.54, 1.807) is 0 Å². The van der Waals surface area contributed by atoms with Gasteiger partial charge in [-0.25, -0.2) is 0 Å². The summed E-state index contributed by atoms with van der Waals surface area (Å²) < 4.78 is 5.73. The third-order valence-corrected chi connectivity index (χ3v) is 3.57. The first kappa shape index (κ1) is 12.7. The quantitative estimate of drug-likeness (QED) is 0.888. The normalized spacial score (nSPS) is 20.2. The third-order valence-electron chi connectivity index (χ3n) is 3.27. The summed E-state index contributed by atoms with van der Waals surface area (Å²) in [7, 11) is 0. The average molecular weight is 254 g/mol. The molecule has 94 valence electrons. The number of piperidine rings is 1. The molecule has 1 saturated heterocycles. The van der Waals surface area contributed by atoms with Crippen LogP contribution in [0.25, 0.3) is 0 Å². The molecule has 1 N–H and O–H groups in total. The molecule has 1 atom stereocenters. The van der Waals surface area contributed by atoms with E-state index in [-0.39, 0.29) is 0 Å². The number of aryl methyl sites for hydroxylation is 1. The van der Waals surface area contributed by atoms with Crippen LogP contribution in [0.3, 0.4) is 0 Å². The van der Waals surface area contributed by atoms with E-state index in [1.165, 1.54) is 24.9 Å². The molecule has 1 unspecified atom stereocenters. The van der Waals surface area contributed by atoms with Crippen molar-refractivity contribution >= 4 is 11.6 Å². The third kappa shape index (κ3) is 3.90. The Kier molecular flexibility index (Phi) is 4.69. The Morgan fingerprint density at radius 3 is 3.06 bits per heavy atom. The van der Waals surface area contributed by atoms with Crippen LogP contribution in [0, 0.1) is 12.8 Å². The monoisotopic (exact) mass is 253 g/mol. The Labute approximate surface area is 108 Å². The van der Waals surface area contributed by atoms with Crippen LogP contribution < -0.4 is 10.1 Å². The van der Waals surface area contributed by atoms with Gasteiger partial charge in [-0.1, -0.05) is 17.7 Å². The van der Waals surface area contributed by atoms with Gasteiger partial charge < -0.3 is 10.1 Å². The largest absolute Gasteiger partial charge is 0.492 e. The maximum atomic E-state index is 6.11. The smallest absolute Gasteiger partial charge is 0.137 e. The van der Waals surface area contributed by atoms with E-state index in [1.807, 2.05) is 25.1 Å². The number of rotatable bonds is 4. The summed E-state index contributed by atoms with van der Waals surface area (Å²) in [6.45, 7) is 5.09. The highest BCUT2D eigenvalue weighted by Gasteiger charge is 2.12. The van der Waals surface area contributed by atoms with Crippen molar-refractivity contribution in [1.82, 2.24) is 5.32 Å². The molecule has 0 aromatic heterocycles. The van der Waals surface area contributed by atoms with Gasteiger partial charge in [0.2, 0.25) is 0 Å². The number of halogens is 1. The number of hydrogen-bond acceptors (Lipinski definition) is 2. The molecule has 1 aliphatic heterocycles. The predicted molar refractivity (Wildman–Crippen MR) is 71.9 cm³/mol. The van der Waals surface area contributed by atoms with Gasteiger partial charge in [0.15, 0.2) is 0 Å². The van der Waals surface area contributed by atoms with E-state index in [4.69, 9.17) is 16.3 Å². The highest BCUT2D eigenvalue weighted by molar-refractivity contribution is 6.32. The topological polar surface area (TPSA) is 21.3 Å². The molecule has 3 heteroatoms. The Morgan fingerprint density at radius 2 is 2.35 bits per heavy atom. The fourth-order valence-electron chi connectivity index (χ4n) is 2.23. The molecule has 1 aliphatic rings. The van der Waals surface area contributed by atoms with Crippen molar-refractivity contribution in [2.24, 2.45) is 5.92 Å². The lowest BCUT2D eigenvalue weighted by molar-refractivity contribution is 0.254. The predicted octanol–water partition coefficient (Wildman–Crippen LogP) is 3.42. The van der Waals surface area contributed by atoms with Crippen LogP contribution in [0.5, 0.6) is 5.75 Å². The minimum atomic E-state index is 0.715. The Morgan fingerprint density at radius 1 is 1.47 bits per heavy atom. The molecule has 0 saturated carbocycles. The molecule has 17 heavy (non-hydrogen) atoms. The zero-order chi connectivity index (χ0) is 12.1. The van der Waals surface area contributed by atoms with Crippen molar-refractivity contribution in [2.45, 2.75) is 26.2 Å². The highest BCUT2D eigenvalue weighted by Crippen LogP contribution is 2.25. The molecule has 1 aromatic carbocycles. The lowest BCUT2D eigenvalue weighted by Gasteiger charge is -2.22. The van der Waals surface area contributed by atoms with Crippen LogP contribution in [0.2, 0.25) is 5.02 Å². The zero-order valence-electron chi connectivity index (χ0n) is 10.3. The van der Waals surface area contributed by atoms with Crippen LogP contribution in [0.15, 0.2) is 18.2 Å². The first-order valence-electron chi connectivity index (χ1n) is 6.35. The Bertz CT molecular complexity index is 361. The number of benzene rings is 1. The lowest BCUT2D eigenvalue weighted by Crippen LogP contribution is -2.30. The molecule has 1 aromatic rings. The molecule has 0 bridgehead atoms. The van der Waals surface area contributed by atoms with Gasteiger partial charge in [0, 0.05) is 0 Å². The molecule has 0 radical (unpaired) electrons. The summed E-state index contributed by atoms with van der Waals surface area (Å²) >= 11 is 6.11. The summed E-state index contributed by atoms with van der Waals surface area (Å²) in [5.41, 5.74) is 1.17.